The normalized spacial score (nSPS) is 13.0. The Morgan fingerprint density at radius 3 is 2.00 bits per heavy atom. The van der Waals surface area contributed by atoms with E-state index in [1.165, 1.54) is 6.08 Å². The summed E-state index contributed by atoms with van der Waals surface area (Å²) < 4.78 is 17.5. The van der Waals surface area contributed by atoms with Crippen molar-refractivity contribution in [1.29, 1.82) is 0 Å². The zero-order chi connectivity index (χ0) is 15.4. The average molecular weight is 302 g/mol. The Labute approximate surface area is 124 Å². The van der Waals surface area contributed by atoms with Crippen molar-refractivity contribution < 1.29 is 18.4 Å². The second-order valence-corrected chi connectivity index (χ2v) is 8.21. The Kier molecular flexibility index (Phi) is 10.7. The minimum absolute atomic E-state index is 0.290. The maximum atomic E-state index is 11.5. The van der Waals surface area contributed by atoms with Crippen molar-refractivity contribution in [3.8, 4) is 0 Å². The molecule has 0 rings (SSSR count). The van der Waals surface area contributed by atoms with Crippen molar-refractivity contribution in [2.45, 2.75) is 65.1 Å². The number of hydrogen-bond donors (Lipinski definition) is 0. The highest BCUT2D eigenvalue weighted by Crippen LogP contribution is 2.20. The van der Waals surface area contributed by atoms with Gasteiger partial charge < -0.3 is 13.6 Å². The maximum absolute atomic E-state index is 11.5. The lowest BCUT2D eigenvalue weighted by Gasteiger charge is -2.33. The molecule has 0 aliphatic rings. The Balaban J connectivity index is 4.73. The minimum Gasteiger partial charge on any atom is -0.457 e. The molecule has 1 unspecified atom stereocenters. The van der Waals surface area contributed by atoms with E-state index in [0.717, 1.165) is 25.7 Å². The molecule has 4 nitrogen and oxygen atoms in total. The summed E-state index contributed by atoms with van der Waals surface area (Å²) in [6.07, 6.45) is 6.01. The Hall–Kier alpha value is -0.653. The van der Waals surface area contributed by atoms with Crippen molar-refractivity contribution >= 4 is 14.5 Å². The topological polar surface area (TPSA) is 44.8 Å². The quantitative estimate of drug-likeness (QED) is 0.238. The largest absolute Gasteiger partial charge is 0.457 e. The molecule has 0 aromatic carbocycles. The fraction of sp³-hybridized carbons (Fsp3) is 0.800. The number of carbonyl (C=O) groups is 1. The molecular weight excluding hydrogens is 272 g/mol. The molecule has 20 heavy (non-hydrogen) atoms. The second kappa shape index (κ2) is 11.1. The Morgan fingerprint density at radius 1 is 1.15 bits per heavy atom. The predicted molar refractivity (Wildman–Crippen MR) is 83.7 cm³/mol. The van der Waals surface area contributed by atoms with E-state index in [9.17, 15) is 4.79 Å². The van der Waals surface area contributed by atoms with E-state index < -0.39 is 14.5 Å². The monoisotopic (exact) mass is 302 g/mol. The van der Waals surface area contributed by atoms with Crippen LogP contribution in [0.4, 0.5) is 0 Å². The van der Waals surface area contributed by atoms with Crippen molar-refractivity contribution in [1.82, 2.24) is 0 Å². The zero-order valence-electron chi connectivity index (χ0n) is 13.4. The molecule has 0 radical (unpaired) electrons. The SMILES string of the molecule is C=CC(=O)OC(CC)[Si](C)(OCCCC)OCCCC. The van der Waals surface area contributed by atoms with E-state index in [1.807, 2.05) is 13.5 Å². The number of carbonyl (C=O) groups excluding carboxylic acids is 1. The zero-order valence-corrected chi connectivity index (χ0v) is 14.4. The van der Waals surface area contributed by atoms with Gasteiger partial charge >= 0.3 is 14.5 Å². The van der Waals surface area contributed by atoms with Gasteiger partial charge in [-0.15, -0.1) is 0 Å². The fourth-order valence-electron chi connectivity index (χ4n) is 1.82. The van der Waals surface area contributed by atoms with Crippen LogP contribution in [0.2, 0.25) is 6.55 Å². The van der Waals surface area contributed by atoms with Gasteiger partial charge in [0.05, 0.1) is 0 Å². The lowest BCUT2D eigenvalue weighted by Crippen LogP contribution is -2.53. The Bertz CT molecular complexity index is 271. The van der Waals surface area contributed by atoms with E-state index in [-0.39, 0.29) is 5.73 Å². The highest BCUT2D eigenvalue weighted by atomic mass is 28.4. The first kappa shape index (κ1) is 19.3. The van der Waals surface area contributed by atoms with Crippen LogP contribution in [-0.4, -0.2) is 33.5 Å². The molecular formula is C15H30O4Si. The van der Waals surface area contributed by atoms with Gasteiger partial charge in [-0.25, -0.2) is 4.79 Å². The third-order valence-electron chi connectivity index (χ3n) is 3.15. The van der Waals surface area contributed by atoms with Crippen LogP contribution in [0.5, 0.6) is 0 Å². The first-order chi connectivity index (χ1) is 9.53. The summed E-state index contributed by atoms with van der Waals surface area (Å²) in [5.41, 5.74) is -0.290. The van der Waals surface area contributed by atoms with E-state index >= 15 is 0 Å². The van der Waals surface area contributed by atoms with Gasteiger partial charge in [0.25, 0.3) is 0 Å². The Morgan fingerprint density at radius 2 is 1.65 bits per heavy atom. The molecule has 1 atom stereocenters. The van der Waals surface area contributed by atoms with Crippen LogP contribution in [0.1, 0.15) is 52.9 Å². The molecule has 0 N–H and O–H groups in total. The molecule has 0 fully saturated rings. The summed E-state index contributed by atoms with van der Waals surface area (Å²) in [4.78, 5) is 11.5. The molecule has 0 saturated carbocycles. The number of ether oxygens (including phenoxy) is 1. The smallest absolute Gasteiger partial charge is 0.377 e. The summed E-state index contributed by atoms with van der Waals surface area (Å²) in [6.45, 7) is 13.0. The molecule has 0 heterocycles. The summed E-state index contributed by atoms with van der Waals surface area (Å²) in [5, 5.41) is 0. The molecule has 0 aromatic heterocycles. The van der Waals surface area contributed by atoms with Gasteiger partial charge in [-0.2, -0.15) is 0 Å². The fourth-order valence-corrected chi connectivity index (χ4v) is 4.44. The van der Waals surface area contributed by atoms with Crippen LogP contribution in [0.15, 0.2) is 12.7 Å². The third kappa shape index (κ3) is 7.22. The summed E-state index contributed by atoms with van der Waals surface area (Å²) in [7, 11) is -2.52. The minimum atomic E-state index is -2.52. The van der Waals surface area contributed by atoms with E-state index in [1.54, 1.807) is 0 Å². The summed E-state index contributed by atoms with van der Waals surface area (Å²) >= 11 is 0. The van der Waals surface area contributed by atoms with Gasteiger partial charge in [0.2, 0.25) is 0 Å². The van der Waals surface area contributed by atoms with Crippen LogP contribution in [0, 0.1) is 0 Å². The van der Waals surface area contributed by atoms with Gasteiger partial charge in [-0.05, 0) is 25.8 Å². The first-order valence-corrected chi connectivity index (χ1v) is 10.0. The van der Waals surface area contributed by atoms with Crippen molar-refractivity contribution in [3.63, 3.8) is 0 Å². The van der Waals surface area contributed by atoms with Gasteiger partial charge in [-0.3, -0.25) is 0 Å². The molecule has 0 aromatic rings. The number of esters is 1. The van der Waals surface area contributed by atoms with E-state index in [4.69, 9.17) is 13.6 Å². The van der Waals surface area contributed by atoms with Gasteiger partial charge in [0.15, 0.2) is 0 Å². The molecule has 118 valence electrons. The lowest BCUT2D eigenvalue weighted by molar-refractivity contribution is -0.141. The lowest BCUT2D eigenvalue weighted by atomic mass is 10.4. The predicted octanol–water partition coefficient (Wildman–Crippen LogP) is 3.74. The third-order valence-corrected chi connectivity index (χ3v) is 6.40. The van der Waals surface area contributed by atoms with E-state index in [2.05, 4.69) is 20.4 Å². The molecule has 0 amide bonds. The number of hydrogen-bond acceptors (Lipinski definition) is 4. The van der Waals surface area contributed by atoms with E-state index in [0.29, 0.717) is 19.6 Å². The average Bonchev–Trinajstić information content (AvgIpc) is 2.44. The number of unbranched alkanes of at least 4 members (excludes halogenated alkanes) is 2. The van der Waals surface area contributed by atoms with Gasteiger partial charge in [0, 0.05) is 19.3 Å². The van der Waals surface area contributed by atoms with Crippen molar-refractivity contribution in [2.75, 3.05) is 13.2 Å². The van der Waals surface area contributed by atoms with Crippen LogP contribution in [-0.2, 0) is 18.4 Å². The van der Waals surface area contributed by atoms with Gasteiger partial charge in [-0.1, -0.05) is 40.2 Å². The molecule has 0 aliphatic heterocycles. The molecule has 0 aliphatic carbocycles. The first-order valence-electron chi connectivity index (χ1n) is 7.64. The molecule has 0 bridgehead atoms. The van der Waals surface area contributed by atoms with Gasteiger partial charge in [0.1, 0.15) is 5.73 Å². The summed E-state index contributed by atoms with van der Waals surface area (Å²) in [6, 6.07) is 0. The molecule has 0 saturated heterocycles. The van der Waals surface area contributed by atoms with Crippen LogP contribution in [0.3, 0.4) is 0 Å². The standard InChI is InChI=1S/C15H30O4Si/c1-6-10-12-17-20(5,18-13-11-7-2)15(9-4)19-14(16)8-3/h8,15H,3,6-7,9-13H2,1-2,4-5H3. The number of rotatable bonds is 12. The van der Waals surface area contributed by atoms with Crippen LogP contribution in [0.25, 0.3) is 0 Å². The van der Waals surface area contributed by atoms with Crippen LogP contribution >= 0.6 is 0 Å². The molecule has 0 spiro atoms. The molecule has 5 heteroatoms. The van der Waals surface area contributed by atoms with Crippen molar-refractivity contribution in [2.24, 2.45) is 0 Å². The van der Waals surface area contributed by atoms with Crippen molar-refractivity contribution in [3.05, 3.63) is 12.7 Å². The highest BCUT2D eigenvalue weighted by Gasteiger charge is 2.43. The maximum Gasteiger partial charge on any atom is 0.377 e. The summed E-state index contributed by atoms with van der Waals surface area (Å²) in [5.74, 6) is -0.409. The van der Waals surface area contributed by atoms with Crippen LogP contribution < -0.4 is 0 Å². The highest BCUT2D eigenvalue weighted by molar-refractivity contribution is 6.67. The second-order valence-electron chi connectivity index (χ2n) is 4.96.